The maximum atomic E-state index is 12.6. The maximum absolute atomic E-state index is 12.6. The second-order valence-electron chi connectivity index (χ2n) is 5.90. The second kappa shape index (κ2) is 7.00. The zero-order valence-corrected chi connectivity index (χ0v) is 14.3. The molecule has 6 nitrogen and oxygen atoms in total. The zero-order valence-electron chi connectivity index (χ0n) is 13.5. The van der Waals surface area contributed by atoms with Crippen molar-refractivity contribution in [3.05, 3.63) is 56.3 Å². The zero-order chi connectivity index (χ0) is 17.1. The number of carbonyl (C=O) groups is 1. The van der Waals surface area contributed by atoms with E-state index in [1.165, 1.54) is 6.07 Å². The van der Waals surface area contributed by atoms with Crippen molar-refractivity contribution in [1.29, 1.82) is 0 Å². The summed E-state index contributed by atoms with van der Waals surface area (Å²) >= 11 is 1.58. The van der Waals surface area contributed by atoms with Gasteiger partial charge in [0.2, 0.25) is 0 Å². The van der Waals surface area contributed by atoms with Crippen LogP contribution in [0.25, 0.3) is 0 Å². The Morgan fingerprint density at radius 1 is 1.33 bits per heavy atom. The molecule has 1 aromatic carbocycles. The van der Waals surface area contributed by atoms with E-state index in [2.05, 4.69) is 0 Å². The molecular formula is C17H19N3O3S. The highest BCUT2D eigenvalue weighted by Gasteiger charge is 2.24. The number of hydrogen-bond acceptors (Lipinski definition) is 5. The number of nitrogens with zero attached hydrogens (tertiary/aromatic N) is 3. The Morgan fingerprint density at radius 2 is 2.08 bits per heavy atom. The lowest BCUT2D eigenvalue weighted by Crippen LogP contribution is -2.26. The summed E-state index contributed by atoms with van der Waals surface area (Å²) in [6, 6.07) is 8.70. The summed E-state index contributed by atoms with van der Waals surface area (Å²) in [7, 11) is 1.71. The average Bonchev–Trinajstić information content (AvgIpc) is 3.27. The first-order valence-electron chi connectivity index (χ1n) is 7.87. The van der Waals surface area contributed by atoms with Crippen LogP contribution >= 0.6 is 11.3 Å². The lowest BCUT2D eigenvalue weighted by atomic mass is 10.1. The van der Waals surface area contributed by atoms with Crippen LogP contribution < -0.4 is 4.90 Å². The van der Waals surface area contributed by atoms with Gasteiger partial charge >= 0.3 is 0 Å². The van der Waals surface area contributed by atoms with Crippen LogP contribution in [-0.4, -0.2) is 35.9 Å². The minimum atomic E-state index is -0.399. The van der Waals surface area contributed by atoms with Crippen molar-refractivity contribution in [2.75, 3.05) is 25.0 Å². The Hall–Kier alpha value is -2.41. The number of hydrogen-bond donors (Lipinski definition) is 0. The average molecular weight is 345 g/mol. The number of nitro benzene ring substituents is 1. The van der Waals surface area contributed by atoms with Crippen molar-refractivity contribution in [1.82, 2.24) is 4.90 Å². The first-order chi connectivity index (χ1) is 11.6. The molecule has 0 aliphatic carbocycles. The summed E-state index contributed by atoms with van der Waals surface area (Å²) in [5.74, 6) is -0.209. The van der Waals surface area contributed by atoms with E-state index < -0.39 is 4.92 Å². The van der Waals surface area contributed by atoms with Gasteiger partial charge in [-0.15, -0.1) is 11.3 Å². The predicted octanol–water partition coefficient (Wildman–Crippen LogP) is 3.53. The number of benzene rings is 1. The van der Waals surface area contributed by atoms with Gasteiger partial charge in [-0.25, -0.2) is 0 Å². The van der Waals surface area contributed by atoms with E-state index >= 15 is 0 Å². The Morgan fingerprint density at radius 3 is 2.71 bits per heavy atom. The van der Waals surface area contributed by atoms with Crippen LogP contribution in [0.5, 0.6) is 0 Å². The van der Waals surface area contributed by atoms with Gasteiger partial charge in [-0.1, -0.05) is 6.07 Å². The SMILES string of the molecule is CN(Cc1cccs1)C(=O)c1ccc(N2CCCC2)c([N+](=O)[O-])c1. The number of nitro groups is 1. The quantitative estimate of drug-likeness (QED) is 0.614. The molecule has 126 valence electrons. The fraction of sp³-hybridized carbons (Fsp3) is 0.353. The molecule has 1 aliphatic rings. The van der Waals surface area contributed by atoms with E-state index in [0.717, 1.165) is 30.8 Å². The van der Waals surface area contributed by atoms with Crippen molar-refractivity contribution < 1.29 is 9.72 Å². The van der Waals surface area contributed by atoms with Gasteiger partial charge in [0.05, 0.1) is 11.5 Å². The topological polar surface area (TPSA) is 66.7 Å². The van der Waals surface area contributed by atoms with Gasteiger partial charge in [0.15, 0.2) is 0 Å². The highest BCUT2D eigenvalue weighted by Crippen LogP contribution is 2.32. The number of carbonyl (C=O) groups excluding carboxylic acids is 1. The third-order valence-electron chi connectivity index (χ3n) is 4.19. The molecule has 2 aromatic rings. The lowest BCUT2D eigenvalue weighted by Gasteiger charge is -2.19. The van der Waals surface area contributed by atoms with Crippen molar-refractivity contribution in [3.8, 4) is 0 Å². The second-order valence-corrected chi connectivity index (χ2v) is 6.93. The molecule has 0 bridgehead atoms. The molecule has 1 aliphatic heterocycles. The molecule has 1 fully saturated rings. The number of amides is 1. The number of anilines is 1. The van der Waals surface area contributed by atoms with Crippen LogP contribution in [0.2, 0.25) is 0 Å². The molecule has 1 amide bonds. The highest BCUT2D eigenvalue weighted by atomic mass is 32.1. The standard InChI is InChI=1S/C17H19N3O3S/c1-18(12-14-5-4-10-24-14)17(21)13-6-7-15(16(11-13)20(22)23)19-8-2-3-9-19/h4-7,10-11H,2-3,8-9,12H2,1H3. The monoisotopic (exact) mass is 345 g/mol. The van der Waals surface area contributed by atoms with Gasteiger partial charge in [-0.05, 0) is 36.4 Å². The van der Waals surface area contributed by atoms with E-state index in [0.29, 0.717) is 17.8 Å². The van der Waals surface area contributed by atoms with Crippen molar-refractivity contribution in [2.24, 2.45) is 0 Å². The molecule has 3 rings (SSSR count). The minimum absolute atomic E-state index is 0.00673. The molecule has 0 saturated carbocycles. The van der Waals surface area contributed by atoms with E-state index in [4.69, 9.17) is 0 Å². The van der Waals surface area contributed by atoms with Gasteiger partial charge in [-0.3, -0.25) is 14.9 Å². The summed E-state index contributed by atoms with van der Waals surface area (Å²) in [5, 5.41) is 13.4. The normalized spacial score (nSPS) is 14.0. The fourth-order valence-electron chi connectivity index (χ4n) is 2.96. The molecular weight excluding hydrogens is 326 g/mol. The van der Waals surface area contributed by atoms with Crippen LogP contribution in [0.15, 0.2) is 35.7 Å². The molecule has 1 aromatic heterocycles. The van der Waals surface area contributed by atoms with Gasteiger partial charge in [0.1, 0.15) is 5.69 Å². The van der Waals surface area contributed by atoms with Gasteiger partial charge in [0.25, 0.3) is 11.6 Å². The molecule has 7 heteroatoms. The smallest absolute Gasteiger partial charge is 0.293 e. The molecule has 24 heavy (non-hydrogen) atoms. The van der Waals surface area contributed by atoms with Gasteiger partial charge < -0.3 is 9.80 Å². The Labute approximate surface area is 144 Å². The lowest BCUT2D eigenvalue weighted by molar-refractivity contribution is -0.384. The third-order valence-corrected chi connectivity index (χ3v) is 5.05. The maximum Gasteiger partial charge on any atom is 0.293 e. The number of rotatable bonds is 5. The number of thiophene rings is 1. The molecule has 1 saturated heterocycles. The Bertz CT molecular complexity index is 740. The molecule has 0 spiro atoms. The molecule has 2 heterocycles. The van der Waals surface area contributed by atoms with E-state index in [1.807, 2.05) is 22.4 Å². The van der Waals surface area contributed by atoms with Crippen LogP contribution in [0, 0.1) is 10.1 Å². The first kappa shape index (κ1) is 16.4. The Kier molecular flexibility index (Phi) is 4.80. The van der Waals surface area contributed by atoms with Gasteiger partial charge in [0, 0.05) is 36.6 Å². The molecule has 0 atom stereocenters. The summed E-state index contributed by atoms with van der Waals surface area (Å²) in [4.78, 5) is 28.3. The van der Waals surface area contributed by atoms with E-state index in [1.54, 1.807) is 35.4 Å². The van der Waals surface area contributed by atoms with Crippen LogP contribution in [-0.2, 0) is 6.54 Å². The Balaban J connectivity index is 1.83. The predicted molar refractivity (Wildman–Crippen MR) is 94.7 cm³/mol. The van der Waals surface area contributed by atoms with Gasteiger partial charge in [-0.2, -0.15) is 0 Å². The highest BCUT2D eigenvalue weighted by molar-refractivity contribution is 7.09. The fourth-order valence-corrected chi connectivity index (χ4v) is 3.71. The van der Waals surface area contributed by atoms with Crippen molar-refractivity contribution >= 4 is 28.6 Å². The summed E-state index contributed by atoms with van der Waals surface area (Å²) in [6.07, 6.45) is 2.09. The van der Waals surface area contributed by atoms with Crippen LogP contribution in [0.1, 0.15) is 28.1 Å². The van der Waals surface area contributed by atoms with Crippen LogP contribution in [0.4, 0.5) is 11.4 Å². The largest absolute Gasteiger partial charge is 0.366 e. The first-order valence-corrected chi connectivity index (χ1v) is 8.75. The minimum Gasteiger partial charge on any atom is -0.366 e. The molecule has 0 radical (unpaired) electrons. The summed E-state index contributed by atoms with van der Waals surface area (Å²) < 4.78 is 0. The van der Waals surface area contributed by atoms with Crippen LogP contribution in [0.3, 0.4) is 0 Å². The van der Waals surface area contributed by atoms with E-state index in [9.17, 15) is 14.9 Å². The summed E-state index contributed by atoms with van der Waals surface area (Å²) in [5.41, 5.74) is 0.964. The van der Waals surface area contributed by atoms with Crippen molar-refractivity contribution in [2.45, 2.75) is 19.4 Å². The summed E-state index contributed by atoms with van der Waals surface area (Å²) in [6.45, 7) is 2.15. The van der Waals surface area contributed by atoms with Crippen molar-refractivity contribution in [3.63, 3.8) is 0 Å². The van der Waals surface area contributed by atoms with E-state index in [-0.39, 0.29) is 11.6 Å². The molecule has 0 N–H and O–H groups in total. The molecule has 0 unspecified atom stereocenters. The third kappa shape index (κ3) is 3.41.